The minimum Gasteiger partial charge on any atom is -0.382 e. The zero-order valence-corrected chi connectivity index (χ0v) is 13.7. The molecule has 1 aromatic rings. The highest BCUT2D eigenvalue weighted by molar-refractivity contribution is 5.97. The quantitative estimate of drug-likeness (QED) is 0.645. The SMILES string of the molecule is Cc1c(NC(C)C(C)C)cccc1C(=O)NCCCCN. The summed E-state index contributed by atoms with van der Waals surface area (Å²) < 4.78 is 0. The van der Waals surface area contributed by atoms with Gasteiger partial charge in [-0.05, 0) is 56.8 Å². The maximum absolute atomic E-state index is 12.2. The molecule has 21 heavy (non-hydrogen) atoms. The van der Waals surface area contributed by atoms with Crippen LogP contribution in [0.15, 0.2) is 18.2 Å². The van der Waals surface area contributed by atoms with Gasteiger partial charge in [-0.3, -0.25) is 4.79 Å². The highest BCUT2D eigenvalue weighted by Crippen LogP contribution is 2.21. The molecule has 0 heterocycles. The molecule has 1 unspecified atom stereocenters. The maximum Gasteiger partial charge on any atom is 0.251 e. The summed E-state index contributed by atoms with van der Waals surface area (Å²) in [5, 5.41) is 6.44. The number of hydrogen-bond donors (Lipinski definition) is 3. The van der Waals surface area contributed by atoms with E-state index < -0.39 is 0 Å². The smallest absolute Gasteiger partial charge is 0.251 e. The van der Waals surface area contributed by atoms with Crippen molar-refractivity contribution in [1.82, 2.24) is 5.32 Å². The minimum absolute atomic E-state index is 0.00892. The van der Waals surface area contributed by atoms with Crippen LogP contribution >= 0.6 is 0 Å². The Morgan fingerprint density at radius 2 is 1.95 bits per heavy atom. The molecule has 4 heteroatoms. The van der Waals surface area contributed by atoms with Gasteiger partial charge in [-0.1, -0.05) is 19.9 Å². The summed E-state index contributed by atoms with van der Waals surface area (Å²) in [5.74, 6) is 0.531. The third-order valence-electron chi connectivity index (χ3n) is 3.88. The van der Waals surface area contributed by atoms with Gasteiger partial charge in [-0.2, -0.15) is 0 Å². The Balaban J connectivity index is 2.73. The second-order valence-electron chi connectivity index (χ2n) is 5.91. The largest absolute Gasteiger partial charge is 0.382 e. The van der Waals surface area contributed by atoms with Crippen LogP contribution in [0.5, 0.6) is 0 Å². The summed E-state index contributed by atoms with van der Waals surface area (Å²) in [7, 11) is 0. The molecular weight excluding hydrogens is 262 g/mol. The van der Waals surface area contributed by atoms with Crippen molar-refractivity contribution in [1.29, 1.82) is 0 Å². The number of benzene rings is 1. The van der Waals surface area contributed by atoms with E-state index in [0.29, 0.717) is 25.0 Å². The van der Waals surface area contributed by atoms with E-state index in [-0.39, 0.29) is 5.91 Å². The zero-order chi connectivity index (χ0) is 15.8. The summed E-state index contributed by atoms with van der Waals surface area (Å²) >= 11 is 0. The lowest BCUT2D eigenvalue weighted by molar-refractivity contribution is 0.0952. The second kappa shape index (κ2) is 8.67. The van der Waals surface area contributed by atoms with Crippen LogP contribution in [-0.2, 0) is 0 Å². The van der Waals surface area contributed by atoms with Gasteiger partial charge in [-0.25, -0.2) is 0 Å². The third-order valence-corrected chi connectivity index (χ3v) is 3.88. The molecule has 1 amide bonds. The summed E-state index contributed by atoms with van der Waals surface area (Å²) in [6.07, 6.45) is 1.86. The molecule has 4 N–H and O–H groups in total. The third kappa shape index (κ3) is 5.38. The molecule has 1 atom stereocenters. The van der Waals surface area contributed by atoms with Crippen LogP contribution in [-0.4, -0.2) is 25.0 Å². The van der Waals surface area contributed by atoms with Crippen molar-refractivity contribution in [2.75, 3.05) is 18.4 Å². The number of carbonyl (C=O) groups is 1. The van der Waals surface area contributed by atoms with Crippen LogP contribution in [0, 0.1) is 12.8 Å². The lowest BCUT2D eigenvalue weighted by Crippen LogP contribution is -2.26. The van der Waals surface area contributed by atoms with Crippen LogP contribution in [0.4, 0.5) is 5.69 Å². The van der Waals surface area contributed by atoms with E-state index in [1.54, 1.807) is 0 Å². The monoisotopic (exact) mass is 291 g/mol. The molecule has 0 spiro atoms. The fourth-order valence-corrected chi connectivity index (χ4v) is 2.02. The summed E-state index contributed by atoms with van der Waals surface area (Å²) in [6.45, 7) is 9.85. The van der Waals surface area contributed by atoms with Crippen molar-refractivity contribution in [3.05, 3.63) is 29.3 Å². The van der Waals surface area contributed by atoms with Crippen LogP contribution in [0.25, 0.3) is 0 Å². The normalized spacial score (nSPS) is 12.3. The fraction of sp³-hybridized carbons (Fsp3) is 0.588. The van der Waals surface area contributed by atoms with Crippen LogP contribution in [0.2, 0.25) is 0 Å². The van der Waals surface area contributed by atoms with E-state index >= 15 is 0 Å². The van der Waals surface area contributed by atoms with E-state index in [9.17, 15) is 4.79 Å². The number of nitrogens with one attached hydrogen (secondary N) is 2. The van der Waals surface area contributed by atoms with Gasteiger partial charge in [-0.15, -0.1) is 0 Å². The number of amides is 1. The first kappa shape index (κ1) is 17.5. The predicted molar refractivity (Wildman–Crippen MR) is 89.7 cm³/mol. The number of unbranched alkanes of at least 4 members (excludes halogenated alkanes) is 1. The van der Waals surface area contributed by atoms with Crippen molar-refractivity contribution < 1.29 is 4.79 Å². The van der Waals surface area contributed by atoms with Gasteiger partial charge in [0, 0.05) is 23.8 Å². The molecule has 0 aliphatic rings. The molecule has 0 saturated carbocycles. The van der Waals surface area contributed by atoms with Gasteiger partial charge < -0.3 is 16.4 Å². The zero-order valence-electron chi connectivity index (χ0n) is 13.7. The first-order chi connectivity index (χ1) is 9.97. The summed E-state index contributed by atoms with van der Waals surface area (Å²) in [6, 6.07) is 6.20. The van der Waals surface area contributed by atoms with Gasteiger partial charge in [0.15, 0.2) is 0 Å². The minimum atomic E-state index is -0.00892. The number of hydrogen-bond acceptors (Lipinski definition) is 3. The van der Waals surface area contributed by atoms with Crippen LogP contribution in [0.1, 0.15) is 49.5 Å². The Bertz CT molecular complexity index is 457. The van der Waals surface area contributed by atoms with Crippen molar-refractivity contribution in [2.45, 2.75) is 46.6 Å². The van der Waals surface area contributed by atoms with Crippen molar-refractivity contribution in [3.63, 3.8) is 0 Å². The number of nitrogens with two attached hydrogens (primary N) is 1. The molecule has 1 aromatic carbocycles. The number of anilines is 1. The highest BCUT2D eigenvalue weighted by Gasteiger charge is 2.13. The average Bonchev–Trinajstić information content (AvgIpc) is 2.45. The predicted octanol–water partition coefficient (Wildman–Crippen LogP) is 2.92. The van der Waals surface area contributed by atoms with E-state index in [4.69, 9.17) is 5.73 Å². The molecule has 1 rings (SSSR count). The van der Waals surface area contributed by atoms with Gasteiger partial charge in [0.05, 0.1) is 0 Å². The van der Waals surface area contributed by atoms with Crippen LogP contribution < -0.4 is 16.4 Å². The topological polar surface area (TPSA) is 67.2 Å². The molecule has 4 nitrogen and oxygen atoms in total. The molecule has 118 valence electrons. The van der Waals surface area contributed by atoms with Crippen molar-refractivity contribution in [2.24, 2.45) is 11.7 Å². The molecule has 0 radical (unpaired) electrons. The Morgan fingerprint density at radius 3 is 2.57 bits per heavy atom. The number of rotatable bonds is 8. The van der Waals surface area contributed by atoms with Gasteiger partial charge in [0.2, 0.25) is 0 Å². The van der Waals surface area contributed by atoms with E-state index in [0.717, 1.165) is 29.7 Å². The van der Waals surface area contributed by atoms with Crippen molar-refractivity contribution in [3.8, 4) is 0 Å². The lowest BCUT2D eigenvalue weighted by atomic mass is 10.0. The molecule has 0 aliphatic carbocycles. The van der Waals surface area contributed by atoms with Crippen LogP contribution in [0.3, 0.4) is 0 Å². The molecule has 0 bridgehead atoms. The number of carbonyl (C=O) groups excluding carboxylic acids is 1. The Kier molecular flexibility index (Phi) is 7.23. The summed E-state index contributed by atoms with van der Waals surface area (Å²) in [4.78, 5) is 12.2. The van der Waals surface area contributed by atoms with E-state index in [2.05, 4.69) is 31.4 Å². The molecule has 0 aromatic heterocycles. The Labute approximate surface area is 128 Å². The lowest BCUT2D eigenvalue weighted by Gasteiger charge is -2.21. The fourth-order valence-electron chi connectivity index (χ4n) is 2.02. The second-order valence-corrected chi connectivity index (χ2v) is 5.91. The Morgan fingerprint density at radius 1 is 1.24 bits per heavy atom. The maximum atomic E-state index is 12.2. The van der Waals surface area contributed by atoms with Crippen molar-refractivity contribution >= 4 is 11.6 Å². The molecular formula is C17H29N3O. The first-order valence-corrected chi connectivity index (χ1v) is 7.81. The van der Waals surface area contributed by atoms with E-state index in [1.807, 2.05) is 25.1 Å². The standard InChI is InChI=1S/C17H29N3O/c1-12(2)14(4)20-16-9-7-8-15(13(16)3)17(21)19-11-6-5-10-18/h7-9,12,14,20H,5-6,10-11,18H2,1-4H3,(H,19,21). The molecule has 0 saturated heterocycles. The summed E-state index contributed by atoms with van der Waals surface area (Å²) in [5.41, 5.74) is 8.22. The van der Waals surface area contributed by atoms with E-state index in [1.165, 1.54) is 0 Å². The van der Waals surface area contributed by atoms with Gasteiger partial charge in [0.25, 0.3) is 5.91 Å². The Hall–Kier alpha value is -1.55. The first-order valence-electron chi connectivity index (χ1n) is 7.81. The highest BCUT2D eigenvalue weighted by atomic mass is 16.1. The van der Waals surface area contributed by atoms with Gasteiger partial charge >= 0.3 is 0 Å². The molecule has 0 fully saturated rings. The average molecular weight is 291 g/mol. The van der Waals surface area contributed by atoms with Gasteiger partial charge in [0.1, 0.15) is 0 Å². The molecule has 0 aliphatic heterocycles.